The molecular weight excluding hydrogens is 381 g/mol. The third-order valence-electron chi connectivity index (χ3n) is 8.13. The molecule has 0 unspecified atom stereocenters. The van der Waals surface area contributed by atoms with E-state index in [1.807, 2.05) is 0 Å². The minimum absolute atomic E-state index is 0.796. The van der Waals surface area contributed by atoms with Crippen LogP contribution in [0.4, 0.5) is 0 Å². The molecule has 154 valence electrons. The number of hydrogen-bond acceptors (Lipinski definition) is 3. The minimum atomic E-state index is -3.36. The third-order valence-corrected chi connectivity index (χ3v) is 28.7. The predicted molar refractivity (Wildman–Crippen MR) is 115 cm³/mol. The second-order valence-electron chi connectivity index (χ2n) is 8.31. The van der Waals surface area contributed by atoms with Gasteiger partial charge in [-0.15, -0.1) is 0 Å². The Hall–Kier alpha value is 0.664. The van der Waals surface area contributed by atoms with Gasteiger partial charge in [-0.2, -0.15) is 0 Å². The van der Waals surface area contributed by atoms with E-state index in [1.54, 1.807) is 0 Å². The number of rotatable bonds is 9. The van der Waals surface area contributed by atoms with Crippen LogP contribution in [-0.4, -0.2) is 60.3 Å². The molecule has 3 aliphatic heterocycles. The van der Waals surface area contributed by atoms with Crippen LogP contribution in [0, 0.1) is 0 Å². The van der Waals surface area contributed by atoms with E-state index in [9.17, 15) is 0 Å². The van der Waals surface area contributed by atoms with Gasteiger partial charge < -0.3 is 0 Å². The Morgan fingerprint density at radius 3 is 1.23 bits per heavy atom. The topological polar surface area (TPSA) is 30.4 Å². The van der Waals surface area contributed by atoms with Gasteiger partial charge >= 0.3 is 163 Å². The average Bonchev–Trinajstić information content (AvgIpc) is 3.24. The maximum atomic E-state index is 6.87. The SMILES string of the molecule is CC[Si](CC)(CC)[O+]([Si](CC)(CC)CC)P123OCC[N+]1(CCO2)CCO3. The first-order valence-electron chi connectivity index (χ1n) is 11.0. The van der Waals surface area contributed by atoms with E-state index in [0.717, 1.165) is 43.7 Å². The van der Waals surface area contributed by atoms with E-state index in [-0.39, 0.29) is 0 Å². The van der Waals surface area contributed by atoms with Gasteiger partial charge in [-0.25, -0.2) is 0 Å². The van der Waals surface area contributed by atoms with Crippen LogP contribution in [0.2, 0.25) is 36.3 Å². The Bertz CT molecular complexity index is 459. The van der Waals surface area contributed by atoms with E-state index in [2.05, 4.69) is 45.1 Å². The summed E-state index contributed by atoms with van der Waals surface area (Å²) in [6.45, 7) is 20.1. The molecule has 5 nitrogen and oxygen atoms in total. The number of hydrogen-bond donors (Lipinski definition) is 0. The molecule has 3 rings (SSSR count). The maximum absolute atomic E-state index is 6.87. The van der Waals surface area contributed by atoms with Crippen molar-refractivity contribution in [2.45, 2.75) is 77.8 Å². The molecule has 0 N–H and O–H groups in total. The van der Waals surface area contributed by atoms with Crippen molar-refractivity contribution in [3.05, 3.63) is 0 Å². The Kier molecular flexibility index (Phi) is 5.89. The molecule has 0 aromatic rings. The molecule has 0 atom stereocenters. The van der Waals surface area contributed by atoms with Crippen LogP contribution < -0.4 is 0 Å². The molecule has 0 aromatic carbocycles. The average molecular weight is 424 g/mol. The summed E-state index contributed by atoms with van der Waals surface area (Å²) in [6, 6.07) is 7.46. The standard InChI is InChI=1S/C18H42NO4PSi2/c1-7-25(8-2,9-3)23(26(10-4,11-5)12-6)24-19(13-16-20-24,14-17-21-24)15-18-22-24/h7-18H2,1-6H3/q+2. The number of quaternary nitrogens is 1. The summed E-state index contributed by atoms with van der Waals surface area (Å²) in [5.74, 6) is 0. The van der Waals surface area contributed by atoms with Crippen LogP contribution >= 0.6 is 7.66 Å². The van der Waals surface area contributed by atoms with Gasteiger partial charge in [0.15, 0.2) is 0 Å². The van der Waals surface area contributed by atoms with Crippen LogP contribution in [0.25, 0.3) is 0 Å². The zero-order chi connectivity index (χ0) is 19.1. The van der Waals surface area contributed by atoms with E-state index >= 15 is 0 Å². The van der Waals surface area contributed by atoms with Crippen molar-refractivity contribution in [1.29, 1.82) is 0 Å². The van der Waals surface area contributed by atoms with Crippen LogP contribution in [0.15, 0.2) is 0 Å². The van der Waals surface area contributed by atoms with Gasteiger partial charge in [-0.3, -0.25) is 0 Å². The van der Waals surface area contributed by atoms with E-state index in [4.69, 9.17) is 13.6 Å². The summed E-state index contributed by atoms with van der Waals surface area (Å²) in [6.07, 6.45) is 0. The Morgan fingerprint density at radius 1 is 0.654 bits per heavy atom. The van der Waals surface area contributed by atoms with Gasteiger partial charge in [-0.05, 0) is 0 Å². The molecule has 3 heterocycles. The van der Waals surface area contributed by atoms with E-state index in [0.29, 0.717) is 0 Å². The van der Waals surface area contributed by atoms with Crippen LogP contribution in [-0.2, 0) is 17.1 Å². The molecule has 0 spiro atoms. The fraction of sp³-hybridized carbons (Fsp3) is 1.00. The zero-order valence-electron chi connectivity index (χ0n) is 18.0. The van der Waals surface area contributed by atoms with Crippen LogP contribution in [0.3, 0.4) is 0 Å². The summed E-state index contributed by atoms with van der Waals surface area (Å²) in [7, 11) is -7.01. The summed E-state index contributed by atoms with van der Waals surface area (Å²) in [5, 5.41) is 0. The third kappa shape index (κ3) is 2.29. The predicted octanol–water partition coefficient (Wildman–Crippen LogP) is 5.58. The fourth-order valence-corrected chi connectivity index (χ4v) is 30.6. The van der Waals surface area contributed by atoms with E-state index in [1.165, 1.54) is 36.3 Å². The van der Waals surface area contributed by atoms with Gasteiger partial charge in [0, 0.05) is 0 Å². The summed E-state index contributed by atoms with van der Waals surface area (Å²) < 4.78 is 25.8. The molecule has 0 amide bonds. The Morgan fingerprint density at radius 2 is 0.962 bits per heavy atom. The first-order valence-corrected chi connectivity index (χ1v) is 17.9. The Balaban J connectivity index is 2.31. The molecule has 3 fully saturated rings. The normalized spacial score (nSPS) is 31.6. The Labute approximate surface area is 163 Å². The van der Waals surface area contributed by atoms with Crippen molar-refractivity contribution in [1.82, 2.24) is 0 Å². The van der Waals surface area contributed by atoms with Crippen molar-refractivity contribution in [2.75, 3.05) is 39.5 Å². The number of nitrogens with zero attached hydrogens (tertiary/aromatic N) is 1. The van der Waals surface area contributed by atoms with Crippen molar-refractivity contribution in [3.63, 3.8) is 0 Å². The summed E-state index contributed by atoms with van der Waals surface area (Å²) >= 11 is 0. The molecule has 0 saturated carbocycles. The second kappa shape index (κ2) is 7.17. The quantitative estimate of drug-likeness (QED) is 0.275. The van der Waals surface area contributed by atoms with Gasteiger partial charge in [0.05, 0.1) is 0 Å². The van der Waals surface area contributed by atoms with Gasteiger partial charge in [0.2, 0.25) is 0 Å². The van der Waals surface area contributed by atoms with Gasteiger partial charge in [0.25, 0.3) is 0 Å². The monoisotopic (exact) mass is 423 g/mol. The van der Waals surface area contributed by atoms with Gasteiger partial charge in [-0.1, -0.05) is 0 Å². The zero-order valence-corrected chi connectivity index (χ0v) is 20.9. The molecule has 0 aliphatic carbocycles. The summed E-state index contributed by atoms with van der Waals surface area (Å²) in [5.41, 5.74) is 0. The van der Waals surface area contributed by atoms with E-state index < -0.39 is 24.3 Å². The van der Waals surface area contributed by atoms with Crippen molar-refractivity contribution in [3.8, 4) is 0 Å². The van der Waals surface area contributed by atoms with Crippen molar-refractivity contribution >= 4 is 24.3 Å². The van der Waals surface area contributed by atoms with Gasteiger partial charge in [0.1, 0.15) is 0 Å². The van der Waals surface area contributed by atoms with Crippen LogP contribution in [0.1, 0.15) is 41.5 Å². The summed E-state index contributed by atoms with van der Waals surface area (Å²) in [4.78, 5) is 0. The molecule has 3 aliphatic rings. The molecule has 0 radical (unpaired) electrons. The van der Waals surface area contributed by atoms with Crippen molar-refractivity contribution < 1.29 is 21.4 Å². The van der Waals surface area contributed by atoms with Crippen molar-refractivity contribution in [2.24, 2.45) is 0 Å². The molecule has 0 aromatic heterocycles. The molecule has 26 heavy (non-hydrogen) atoms. The molecular formula is C18H42NO4PSi2+2. The van der Waals surface area contributed by atoms with Crippen LogP contribution in [0.5, 0.6) is 0 Å². The molecule has 3 saturated heterocycles. The second-order valence-corrected chi connectivity index (χ2v) is 22.7. The molecule has 8 heteroatoms. The first-order chi connectivity index (χ1) is 12.4. The first kappa shape index (κ1) is 21.4. The fourth-order valence-electron chi connectivity index (χ4n) is 6.15. The molecule has 0 bridgehead atoms.